The van der Waals surface area contributed by atoms with Crippen LogP contribution in [0, 0.1) is 21.3 Å². The summed E-state index contributed by atoms with van der Waals surface area (Å²) >= 11 is 0. The molecule has 0 spiro atoms. The molecule has 0 saturated heterocycles. The van der Waals surface area contributed by atoms with E-state index in [1.807, 2.05) is 18.2 Å². The SMILES string of the molecule is CC(C)(C)CC(C)(C)c1ccc(N(c2ccc(C(C)(C)CC(C)(C)C)cc2)c2ccc3c(c2)=Nc2cc4c(O)n(C5CCCCC5)c(=O)c5cccc(c2=3)c45)cc1. The number of nitrogens with zero attached hydrogens (tertiary/aromatic N) is 3. The number of pyridine rings is 1. The van der Waals surface area contributed by atoms with E-state index in [4.69, 9.17) is 4.99 Å². The standard InChI is InChI=1S/C52H61N3O2/c1-49(2,3)31-51(7,8)33-19-23-36(24-20-33)54(37-25-21-34(22-26-37)52(9,10)32-50(4,5)6)38-27-28-39-43(29-38)53-44-30-42-45-40(46(39)44)17-14-18-41(45)47(56)55(48(42)57)35-15-12-11-13-16-35/h14,17-30,35,57H,11-13,15-16,31-32H2,1-10H3. The van der Waals surface area contributed by atoms with Crippen LogP contribution in [0.25, 0.3) is 21.5 Å². The maximum absolute atomic E-state index is 14.0. The van der Waals surface area contributed by atoms with Crippen molar-refractivity contribution in [2.45, 2.75) is 131 Å². The molecule has 5 aromatic carbocycles. The highest BCUT2D eigenvalue weighted by atomic mass is 16.3. The molecule has 0 bridgehead atoms. The average molecular weight is 760 g/mol. The lowest BCUT2D eigenvalue weighted by Crippen LogP contribution is -2.26. The molecule has 8 rings (SSSR count). The Balaban J connectivity index is 1.27. The Labute approximate surface area is 338 Å². The maximum Gasteiger partial charge on any atom is 0.261 e. The molecule has 57 heavy (non-hydrogen) atoms. The van der Waals surface area contributed by atoms with Gasteiger partial charge in [-0.3, -0.25) is 9.36 Å². The molecule has 6 aromatic rings. The van der Waals surface area contributed by atoms with Gasteiger partial charge in [0.25, 0.3) is 5.56 Å². The minimum Gasteiger partial charge on any atom is -0.494 e. The molecule has 0 radical (unpaired) electrons. The van der Waals surface area contributed by atoms with Crippen molar-refractivity contribution in [3.63, 3.8) is 0 Å². The van der Waals surface area contributed by atoms with E-state index >= 15 is 0 Å². The molecular formula is C52H61N3O2. The second-order valence-electron chi connectivity index (χ2n) is 20.8. The first-order valence-corrected chi connectivity index (χ1v) is 21.2. The summed E-state index contributed by atoms with van der Waals surface area (Å²) in [6.07, 6.45) is 7.32. The van der Waals surface area contributed by atoms with Gasteiger partial charge in [0.15, 0.2) is 0 Å². The van der Waals surface area contributed by atoms with Crippen molar-refractivity contribution in [3.8, 4) is 5.88 Å². The van der Waals surface area contributed by atoms with Crippen LogP contribution in [0.4, 0.5) is 22.7 Å². The van der Waals surface area contributed by atoms with E-state index < -0.39 is 0 Å². The highest BCUT2D eigenvalue weighted by Crippen LogP contribution is 2.43. The fraction of sp³-hybridized carbons (Fsp3) is 0.423. The summed E-state index contributed by atoms with van der Waals surface area (Å²) in [5.41, 5.74) is 7.10. The Bertz CT molecular complexity index is 2630. The second kappa shape index (κ2) is 13.9. The summed E-state index contributed by atoms with van der Waals surface area (Å²) in [5, 5.41) is 17.9. The minimum absolute atomic E-state index is 0.0165. The first-order chi connectivity index (χ1) is 26.8. The molecule has 1 saturated carbocycles. The van der Waals surface area contributed by atoms with E-state index in [0.717, 1.165) is 87.8 Å². The maximum atomic E-state index is 14.0. The van der Waals surface area contributed by atoms with E-state index in [-0.39, 0.29) is 39.1 Å². The van der Waals surface area contributed by atoms with Crippen LogP contribution in [-0.2, 0) is 10.8 Å². The monoisotopic (exact) mass is 759 g/mol. The van der Waals surface area contributed by atoms with Crippen LogP contribution in [0.3, 0.4) is 0 Å². The zero-order valence-corrected chi connectivity index (χ0v) is 35.9. The number of hydrogen-bond donors (Lipinski definition) is 1. The van der Waals surface area contributed by atoms with Crippen molar-refractivity contribution < 1.29 is 5.11 Å². The predicted octanol–water partition coefficient (Wildman–Crippen LogP) is 13.5. The van der Waals surface area contributed by atoms with Crippen molar-refractivity contribution in [1.82, 2.24) is 4.57 Å². The van der Waals surface area contributed by atoms with Gasteiger partial charge in [0, 0.05) is 49.7 Å². The Morgan fingerprint density at radius 2 is 1.18 bits per heavy atom. The lowest BCUT2D eigenvalue weighted by molar-refractivity contribution is 0.283. The Hall–Kier alpha value is -4.90. The van der Waals surface area contributed by atoms with Gasteiger partial charge in [-0.15, -0.1) is 0 Å². The second-order valence-corrected chi connectivity index (χ2v) is 20.8. The summed E-state index contributed by atoms with van der Waals surface area (Å²) in [5.74, 6) is 0.0691. The molecule has 1 aliphatic carbocycles. The summed E-state index contributed by atoms with van der Waals surface area (Å²) in [6.45, 7) is 23.3. The van der Waals surface area contributed by atoms with E-state index in [2.05, 4.69) is 147 Å². The van der Waals surface area contributed by atoms with E-state index in [9.17, 15) is 9.90 Å². The molecule has 0 amide bonds. The summed E-state index contributed by atoms with van der Waals surface area (Å²) in [6, 6.07) is 32.8. The molecule has 2 heterocycles. The Morgan fingerprint density at radius 3 is 1.72 bits per heavy atom. The fourth-order valence-electron chi connectivity index (χ4n) is 10.7. The number of aromatic hydroxyl groups is 1. The quantitative estimate of drug-likeness (QED) is 0.168. The van der Waals surface area contributed by atoms with Gasteiger partial charge in [0.1, 0.15) is 0 Å². The molecule has 0 unspecified atom stereocenters. The number of anilines is 3. The van der Waals surface area contributed by atoms with Gasteiger partial charge in [-0.2, -0.15) is 0 Å². The minimum atomic E-state index is -0.0979. The lowest BCUT2D eigenvalue weighted by Gasteiger charge is -2.34. The number of hydrogen-bond acceptors (Lipinski definition) is 4. The normalized spacial score (nSPS) is 15.2. The summed E-state index contributed by atoms with van der Waals surface area (Å²) < 4.78 is 1.67. The third-order valence-electron chi connectivity index (χ3n) is 12.5. The van der Waals surface area contributed by atoms with E-state index in [1.54, 1.807) is 4.57 Å². The lowest BCUT2D eigenvalue weighted by atomic mass is 9.72. The molecule has 2 aliphatic rings. The van der Waals surface area contributed by atoms with Crippen molar-refractivity contribution >= 4 is 44.3 Å². The molecule has 5 heteroatoms. The molecule has 1 aromatic heterocycles. The molecular weight excluding hydrogens is 699 g/mol. The number of rotatable bonds is 8. The van der Waals surface area contributed by atoms with Gasteiger partial charge in [0.2, 0.25) is 5.88 Å². The fourth-order valence-corrected chi connectivity index (χ4v) is 10.7. The third kappa shape index (κ3) is 7.28. The van der Waals surface area contributed by atoms with Crippen LogP contribution >= 0.6 is 0 Å². The predicted molar refractivity (Wildman–Crippen MR) is 239 cm³/mol. The molecule has 0 atom stereocenters. The van der Waals surface area contributed by atoms with Crippen LogP contribution in [0.5, 0.6) is 5.88 Å². The van der Waals surface area contributed by atoms with Crippen LogP contribution in [0.2, 0.25) is 0 Å². The number of fused-ring (bicyclic) bond motifs is 3. The number of aromatic nitrogens is 1. The Morgan fingerprint density at radius 1 is 0.649 bits per heavy atom. The zero-order chi connectivity index (χ0) is 40.7. The highest BCUT2D eigenvalue weighted by molar-refractivity contribution is 6.13. The van der Waals surface area contributed by atoms with Gasteiger partial charge in [-0.25, -0.2) is 4.99 Å². The van der Waals surface area contributed by atoms with Crippen LogP contribution in [-0.4, -0.2) is 9.67 Å². The topological polar surface area (TPSA) is 57.8 Å². The van der Waals surface area contributed by atoms with Gasteiger partial charge in [-0.05, 0) is 112 Å². The first kappa shape index (κ1) is 38.9. The van der Waals surface area contributed by atoms with Gasteiger partial charge >= 0.3 is 0 Å². The molecule has 296 valence electrons. The summed E-state index contributed by atoms with van der Waals surface area (Å²) in [4.78, 5) is 21.6. The van der Waals surface area contributed by atoms with Crippen LogP contribution in [0.15, 0.2) is 101 Å². The van der Waals surface area contributed by atoms with Gasteiger partial charge in [-0.1, -0.05) is 131 Å². The zero-order valence-electron chi connectivity index (χ0n) is 35.9. The molecule has 1 N–H and O–H groups in total. The molecule has 5 nitrogen and oxygen atoms in total. The van der Waals surface area contributed by atoms with Crippen LogP contribution < -0.4 is 15.8 Å². The molecule has 1 aliphatic heterocycles. The molecule has 1 fully saturated rings. The largest absolute Gasteiger partial charge is 0.494 e. The summed E-state index contributed by atoms with van der Waals surface area (Å²) in [7, 11) is 0. The van der Waals surface area contributed by atoms with Crippen molar-refractivity contribution in [2.75, 3.05) is 4.90 Å². The van der Waals surface area contributed by atoms with Gasteiger partial charge in [0.05, 0.1) is 11.0 Å². The van der Waals surface area contributed by atoms with E-state index in [1.165, 1.54) is 17.5 Å². The Kier molecular flexibility index (Phi) is 9.49. The number of benzene rings is 5. The van der Waals surface area contributed by atoms with Crippen molar-refractivity contribution in [3.05, 3.63) is 128 Å². The van der Waals surface area contributed by atoms with Crippen LogP contribution in [0.1, 0.15) is 131 Å². The smallest absolute Gasteiger partial charge is 0.261 e. The van der Waals surface area contributed by atoms with Gasteiger partial charge < -0.3 is 10.0 Å². The first-order valence-electron chi connectivity index (χ1n) is 21.2. The highest BCUT2D eigenvalue weighted by Gasteiger charge is 2.30. The third-order valence-corrected chi connectivity index (χ3v) is 12.5. The van der Waals surface area contributed by atoms with Crippen molar-refractivity contribution in [2.24, 2.45) is 15.8 Å². The average Bonchev–Trinajstić information content (AvgIpc) is 3.51. The van der Waals surface area contributed by atoms with E-state index in [0.29, 0.717) is 10.8 Å². The van der Waals surface area contributed by atoms with Crippen molar-refractivity contribution in [1.29, 1.82) is 0 Å².